The zero-order chi connectivity index (χ0) is 17.1. The predicted octanol–water partition coefficient (Wildman–Crippen LogP) is 4.31. The fourth-order valence-corrected chi connectivity index (χ4v) is 3.29. The number of pyridine rings is 2. The van der Waals surface area contributed by atoms with Gasteiger partial charge in [-0.3, -0.25) is 0 Å². The fourth-order valence-electron chi connectivity index (χ4n) is 2.22. The third kappa shape index (κ3) is 3.77. The first-order chi connectivity index (χ1) is 11.5. The maximum atomic E-state index is 6.18. The quantitative estimate of drug-likeness (QED) is 0.724. The molecule has 24 heavy (non-hydrogen) atoms. The first-order valence-electron chi connectivity index (χ1n) is 7.91. The van der Waals surface area contributed by atoms with E-state index in [1.165, 1.54) is 0 Å². The van der Waals surface area contributed by atoms with E-state index >= 15 is 0 Å². The van der Waals surface area contributed by atoms with Gasteiger partial charge in [0.2, 0.25) is 0 Å². The van der Waals surface area contributed by atoms with Crippen LogP contribution in [0.4, 0.5) is 11.6 Å². The minimum Gasteiger partial charge on any atom is -0.325 e. The SMILES string of the molecule is Cc1ccnc(Nc2cccc(-c3cnc(C(N)C(C)C)s3)n2)c1. The Kier molecular flexibility index (Phi) is 4.87. The Labute approximate surface area is 146 Å². The second-order valence-corrected chi connectivity index (χ2v) is 7.15. The molecule has 0 amide bonds. The lowest BCUT2D eigenvalue weighted by Crippen LogP contribution is -2.16. The van der Waals surface area contributed by atoms with E-state index in [1.54, 1.807) is 17.5 Å². The largest absolute Gasteiger partial charge is 0.325 e. The summed E-state index contributed by atoms with van der Waals surface area (Å²) in [5.41, 5.74) is 8.22. The minimum absolute atomic E-state index is 0.0402. The number of nitrogens with zero attached hydrogens (tertiary/aromatic N) is 3. The van der Waals surface area contributed by atoms with E-state index in [-0.39, 0.29) is 6.04 Å². The Morgan fingerprint density at radius 1 is 1.12 bits per heavy atom. The van der Waals surface area contributed by atoms with Crippen LogP contribution in [-0.4, -0.2) is 15.0 Å². The van der Waals surface area contributed by atoms with E-state index in [1.807, 2.05) is 43.5 Å². The summed E-state index contributed by atoms with van der Waals surface area (Å²) < 4.78 is 0. The number of nitrogens with two attached hydrogens (primary N) is 1. The van der Waals surface area contributed by atoms with Crippen LogP contribution in [0, 0.1) is 12.8 Å². The van der Waals surface area contributed by atoms with Gasteiger partial charge in [-0.15, -0.1) is 11.3 Å². The van der Waals surface area contributed by atoms with Crippen LogP contribution in [0.3, 0.4) is 0 Å². The molecule has 3 N–H and O–H groups in total. The number of nitrogens with one attached hydrogen (secondary N) is 1. The van der Waals surface area contributed by atoms with E-state index in [0.717, 1.165) is 32.8 Å². The average Bonchev–Trinajstić information content (AvgIpc) is 3.04. The van der Waals surface area contributed by atoms with Gasteiger partial charge < -0.3 is 11.1 Å². The maximum Gasteiger partial charge on any atom is 0.132 e. The molecule has 5 nitrogen and oxygen atoms in total. The smallest absolute Gasteiger partial charge is 0.132 e. The topological polar surface area (TPSA) is 76.7 Å². The van der Waals surface area contributed by atoms with Crippen molar-refractivity contribution in [2.24, 2.45) is 11.7 Å². The average molecular weight is 339 g/mol. The molecule has 0 bridgehead atoms. The number of aromatic nitrogens is 3. The predicted molar refractivity (Wildman–Crippen MR) is 99.4 cm³/mol. The lowest BCUT2D eigenvalue weighted by Gasteiger charge is -2.11. The summed E-state index contributed by atoms with van der Waals surface area (Å²) in [7, 11) is 0. The highest BCUT2D eigenvalue weighted by Crippen LogP contribution is 2.30. The lowest BCUT2D eigenvalue weighted by molar-refractivity contribution is 0.512. The highest BCUT2D eigenvalue weighted by Gasteiger charge is 2.15. The number of anilines is 2. The van der Waals surface area contributed by atoms with Gasteiger partial charge in [-0.1, -0.05) is 19.9 Å². The van der Waals surface area contributed by atoms with Crippen molar-refractivity contribution in [3.05, 3.63) is 53.3 Å². The van der Waals surface area contributed by atoms with Gasteiger partial charge in [0.25, 0.3) is 0 Å². The second kappa shape index (κ2) is 7.07. The van der Waals surface area contributed by atoms with Crippen LogP contribution in [0.2, 0.25) is 0 Å². The number of thiazole rings is 1. The van der Waals surface area contributed by atoms with Crippen LogP contribution in [0.5, 0.6) is 0 Å². The monoisotopic (exact) mass is 339 g/mol. The van der Waals surface area contributed by atoms with E-state index in [2.05, 4.69) is 34.1 Å². The van der Waals surface area contributed by atoms with Crippen LogP contribution in [0.25, 0.3) is 10.6 Å². The molecule has 124 valence electrons. The third-order valence-electron chi connectivity index (χ3n) is 3.70. The highest BCUT2D eigenvalue weighted by atomic mass is 32.1. The molecule has 1 atom stereocenters. The van der Waals surface area contributed by atoms with Gasteiger partial charge >= 0.3 is 0 Å². The van der Waals surface area contributed by atoms with Crippen molar-refractivity contribution >= 4 is 23.0 Å². The molecule has 1 unspecified atom stereocenters. The zero-order valence-electron chi connectivity index (χ0n) is 14.0. The number of hydrogen-bond donors (Lipinski definition) is 2. The van der Waals surface area contributed by atoms with Gasteiger partial charge in [-0.2, -0.15) is 0 Å². The number of hydrogen-bond acceptors (Lipinski definition) is 6. The van der Waals surface area contributed by atoms with Crippen LogP contribution in [0.15, 0.2) is 42.7 Å². The fraction of sp³-hybridized carbons (Fsp3) is 0.278. The molecule has 3 aromatic rings. The van der Waals surface area contributed by atoms with E-state index in [0.29, 0.717) is 5.92 Å². The summed E-state index contributed by atoms with van der Waals surface area (Å²) in [6.07, 6.45) is 3.63. The maximum absolute atomic E-state index is 6.18. The molecule has 0 radical (unpaired) electrons. The van der Waals surface area contributed by atoms with Gasteiger partial charge in [-0.05, 0) is 42.7 Å². The zero-order valence-corrected chi connectivity index (χ0v) is 14.8. The molecule has 0 aliphatic carbocycles. The molecule has 0 saturated heterocycles. The Hall–Kier alpha value is -2.31. The van der Waals surface area contributed by atoms with Gasteiger partial charge in [0.15, 0.2) is 0 Å². The molecule has 0 saturated carbocycles. The summed E-state index contributed by atoms with van der Waals surface area (Å²) in [4.78, 5) is 14.4. The van der Waals surface area contributed by atoms with Crippen molar-refractivity contribution in [1.82, 2.24) is 15.0 Å². The van der Waals surface area contributed by atoms with Crippen LogP contribution in [-0.2, 0) is 0 Å². The molecule has 6 heteroatoms. The lowest BCUT2D eigenvalue weighted by atomic mass is 10.1. The van der Waals surface area contributed by atoms with Gasteiger partial charge in [0, 0.05) is 12.4 Å². The normalized spacial score (nSPS) is 12.4. The Bertz CT molecular complexity index is 828. The van der Waals surface area contributed by atoms with Gasteiger partial charge in [0.1, 0.15) is 16.6 Å². The summed E-state index contributed by atoms with van der Waals surface area (Å²) in [5, 5.41) is 4.18. The summed E-state index contributed by atoms with van der Waals surface area (Å²) in [5.74, 6) is 1.90. The van der Waals surface area contributed by atoms with Crippen LogP contribution >= 0.6 is 11.3 Å². The van der Waals surface area contributed by atoms with Gasteiger partial charge in [0.05, 0.1) is 16.6 Å². The molecule has 0 aromatic carbocycles. The second-order valence-electron chi connectivity index (χ2n) is 6.08. The van der Waals surface area contributed by atoms with Crippen molar-refractivity contribution in [1.29, 1.82) is 0 Å². The molecule has 3 aromatic heterocycles. The first-order valence-corrected chi connectivity index (χ1v) is 8.73. The van der Waals surface area contributed by atoms with E-state index in [9.17, 15) is 0 Å². The van der Waals surface area contributed by atoms with Crippen molar-refractivity contribution in [2.75, 3.05) is 5.32 Å². The molecule has 0 spiro atoms. The highest BCUT2D eigenvalue weighted by molar-refractivity contribution is 7.15. The molecule has 3 rings (SSSR count). The number of rotatable bonds is 5. The molecule has 0 aliphatic rings. The molecule has 0 aliphatic heterocycles. The van der Waals surface area contributed by atoms with E-state index < -0.39 is 0 Å². The van der Waals surface area contributed by atoms with Crippen LogP contribution in [0.1, 0.15) is 30.5 Å². The summed E-state index contributed by atoms with van der Waals surface area (Å²) >= 11 is 1.60. The summed E-state index contributed by atoms with van der Waals surface area (Å²) in [6, 6.07) is 9.79. The van der Waals surface area contributed by atoms with Gasteiger partial charge in [-0.25, -0.2) is 15.0 Å². The number of aryl methyl sites for hydroxylation is 1. The van der Waals surface area contributed by atoms with Crippen molar-refractivity contribution < 1.29 is 0 Å². The summed E-state index contributed by atoms with van der Waals surface area (Å²) in [6.45, 7) is 6.24. The molecular weight excluding hydrogens is 318 g/mol. The minimum atomic E-state index is -0.0402. The molecule has 3 heterocycles. The van der Waals surface area contributed by atoms with E-state index in [4.69, 9.17) is 5.73 Å². The molecule has 0 fully saturated rings. The van der Waals surface area contributed by atoms with Crippen molar-refractivity contribution in [3.63, 3.8) is 0 Å². The first kappa shape index (κ1) is 16.5. The third-order valence-corrected chi connectivity index (χ3v) is 4.82. The Balaban J connectivity index is 1.83. The molecular formula is C18H21N5S. The van der Waals surface area contributed by atoms with Crippen molar-refractivity contribution in [3.8, 4) is 10.6 Å². The van der Waals surface area contributed by atoms with Crippen LogP contribution < -0.4 is 11.1 Å². The standard InChI is InChI=1S/C18H21N5S/c1-11(2)17(19)18-21-10-14(24-18)13-5-4-6-15(22-13)23-16-9-12(3)7-8-20-16/h4-11,17H,19H2,1-3H3,(H,20,22,23). The Morgan fingerprint density at radius 3 is 2.71 bits per heavy atom. The van der Waals surface area contributed by atoms with Crippen molar-refractivity contribution in [2.45, 2.75) is 26.8 Å². The Morgan fingerprint density at radius 2 is 1.96 bits per heavy atom.